The molecule has 10 nitrogen and oxygen atoms in total. The van der Waals surface area contributed by atoms with Gasteiger partial charge in [-0.15, -0.1) is 22.7 Å². The summed E-state index contributed by atoms with van der Waals surface area (Å²) in [6, 6.07) is 0. The number of thioether (sulfide) groups is 2. The number of carbonyl (C=O) groups excluding carboxylic acids is 4. The molecule has 0 atom stereocenters. The van der Waals surface area contributed by atoms with Crippen LogP contribution in [0.2, 0.25) is 0 Å². The molecule has 2 aromatic rings. The molecular formula is C26H30N6O4S6. The van der Waals surface area contributed by atoms with Crippen LogP contribution in [0, 0.1) is 13.8 Å². The van der Waals surface area contributed by atoms with Crippen LogP contribution in [0.4, 0.5) is 10.3 Å². The molecule has 0 saturated carbocycles. The van der Waals surface area contributed by atoms with Crippen LogP contribution in [0.5, 0.6) is 0 Å². The number of amides is 4. The zero-order valence-electron chi connectivity index (χ0n) is 23.1. The highest BCUT2D eigenvalue weighted by molar-refractivity contribution is 8.29. The van der Waals surface area contributed by atoms with E-state index in [0.29, 0.717) is 80.3 Å². The second-order valence-corrected chi connectivity index (χ2v) is 14.6. The number of unbranched alkanes of at least 4 members (excludes halogenated alkanes) is 4. The van der Waals surface area contributed by atoms with Gasteiger partial charge < -0.3 is 10.6 Å². The number of carbonyl (C=O) groups is 4. The molecule has 2 aliphatic heterocycles. The lowest BCUT2D eigenvalue weighted by atomic mass is 10.2. The van der Waals surface area contributed by atoms with Crippen LogP contribution < -0.4 is 10.6 Å². The largest absolute Gasteiger partial charge is 0.302 e. The Morgan fingerprint density at radius 1 is 0.714 bits per heavy atom. The fraction of sp³-hybridized carbons (Fsp3) is 0.462. The van der Waals surface area contributed by atoms with E-state index in [0.717, 1.165) is 47.8 Å². The Bertz CT molecular complexity index is 1320. The van der Waals surface area contributed by atoms with Gasteiger partial charge in [-0.2, -0.15) is 0 Å². The summed E-state index contributed by atoms with van der Waals surface area (Å²) in [7, 11) is 0. The molecule has 0 unspecified atom stereocenters. The third-order valence-corrected chi connectivity index (χ3v) is 11.0. The smallest absolute Gasteiger partial charge is 0.267 e. The second-order valence-electron chi connectivity index (χ2n) is 9.61. The molecule has 2 aliphatic rings. The molecule has 0 radical (unpaired) electrons. The molecule has 0 spiro atoms. The lowest BCUT2D eigenvalue weighted by Crippen LogP contribution is -2.31. The van der Waals surface area contributed by atoms with Crippen LogP contribution in [0.1, 0.15) is 62.8 Å². The first-order valence-corrected chi connectivity index (χ1v) is 17.6. The molecule has 224 valence electrons. The maximum atomic E-state index is 13.2. The van der Waals surface area contributed by atoms with Gasteiger partial charge in [0.1, 0.15) is 8.64 Å². The predicted molar refractivity (Wildman–Crippen MR) is 179 cm³/mol. The molecule has 0 bridgehead atoms. The van der Waals surface area contributed by atoms with E-state index in [1.165, 1.54) is 32.5 Å². The van der Waals surface area contributed by atoms with Crippen molar-refractivity contribution in [3.05, 3.63) is 32.0 Å². The molecular weight excluding hydrogens is 653 g/mol. The minimum Gasteiger partial charge on any atom is -0.302 e. The molecule has 4 rings (SSSR count). The number of nitrogens with zero attached hydrogens (tertiary/aromatic N) is 4. The summed E-state index contributed by atoms with van der Waals surface area (Å²) >= 11 is 16.0. The van der Waals surface area contributed by atoms with Crippen LogP contribution in [-0.2, 0) is 19.2 Å². The van der Waals surface area contributed by atoms with Gasteiger partial charge in [0.2, 0.25) is 11.8 Å². The Labute approximate surface area is 271 Å². The summed E-state index contributed by atoms with van der Waals surface area (Å²) in [5, 5.41) is 10.6. The van der Waals surface area contributed by atoms with E-state index in [-0.39, 0.29) is 23.6 Å². The van der Waals surface area contributed by atoms with E-state index < -0.39 is 0 Å². The van der Waals surface area contributed by atoms with Crippen molar-refractivity contribution in [1.82, 2.24) is 19.8 Å². The quantitative estimate of drug-likeness (QED) is 0.143. The van der Waals surface area contributed by atoms with Gasteiger partial charge in [0, 0.05) is 36.7 Å². The number of nitrogens with one attached hydrogen (secondary N) is 2. The molecule has 2 fully saturated rings. The topological polar surface area (TPSA) is 125 Å². The van der Waals surface area contributed by atoms with Gasteiger partial charge in [0.25, 0.3) is 11.8 Å². The number of thiocarbonyl (C=S) groups is 2. The van der Waals surface area contributed by atoms with Crippen LogP contribution >= 0.6 is 70.6 Å². The summed E-state index contributed by atoms with van der Waals surface area (Å²) in [5.74, 6) is -0.707. The average molecular weight is 683 g/mol. The zero-order chi connectivity index (χ0) is 30.2. The van der Waals surface area contributed by atoms with E-state index in [1.807, 2.05) is 24.6 Å². The van der Waals surface area contributed by atoms with Crippen LogP contribution in [0.25, 0.3) is 0 Å². The number of hydrogen-bond acceptors (Lipinski definition) is 12. The number of thiazole rings is 2. The van der Waals surface area contributed by atoms with Crippen molar-refractivity contribution in [2.45, 2.75) is 65.2 Å². The number of anilines is 2. The molecule has 4 heterocycles. The summed E-state index contributed by atoms with van der Waals surface area (Å²) < 4.78 is 0.840. The Hall–Kier alpha value is -2.24. The van der Waals surface area contributed by atoms with Crippen molar-refractivity contribution in [2.24, 2.45) is 0 Å². The van der Waals surface area contributed by atoms with E-state index in [1.54, 1.807) is 0 Å². The molecule has 4 amide bonds. The Kier molecular flexibility index (Phi) is 12.0. The van der Waals surface area contributed by atoms with Crippen molar-refractivity contribution in [1.29, 1.82) is 0 Å². The van der Waals surface area contributed by atoms with Crippen LogP contribution in [0.3, 0.4) is 0 Å². The molecule has 2 N–H and O–H groups in total. The van der Waals surface area contributed by atoms with Crippen molar-refractivity contribution in [2.75, 3.05) is 23.7 Å². The predicted octanol–water partition coefficient (Wildman–Crippen LogP) is 5.85. The minimum atomic E-state index is -0.274. The molecule has 2 aromatic heterocycles. The molecule has 0 aromatic carbocycles. The zero-order valence-corrected chi connectivity index (χ0v) is 28.0. The first-order chi connectivity index (χ1) is 20.1. The Balaban J connectivity index is 1.17. The fourth-order valence-electron chi connectivity index (χ4n) is 4.11. The number of hydrogen-bond donors (Lipinski definition) is 2. The molecule has 16 heteroatoms. The van der Waals surface area contributed by atoms with E-state index in [2.05, 4.69) is 20.6 Å². The van der Waals surface area contributed by atoms with Crippen molar-refractivity contribution in [3.8, 4) is 0 Å². The van der Waals surface area contributed by atoms with Crippen molar-refractivity contribution < 1.29 is 19.2 Å². The van der Waals surface area contributed by atoms with Gasteiger partial charge in [0.05, 0.1) is 21.2 Å². The maximum Gasteiger partial charge on any atom is 0.267 e. The highest BCUT2D eigenvalue weighted by Crippen LogP contribution is 2.42. The molecule has 0 aliphatic carbocycles. The summed E-state index contributed by atoms with van der Waals surface area (Å²) in [6.07, 6.45) is 4.99. The maximum absolute atomic E-state index is 13.2. The molecule has 2 saturated heterocycles. The molecule has 42 heavy (non-hydrogen) atoms. The first kappa shape index (κ1) is 32.7. The summed E-state index contributed by atoms with van der Waals surface area (Å²) in [4.78, 5) is 62.7. The number of aromatic nitrogens is 2. The number of aryl methyl sites for hydroxylation is 2. The lowest BCUT2D eigenvalue weighted by molar-refractivity contribution is -0.124. The summed E-state index contributed by atoms with van der Waals surface area (Å²) in [5.41, 5.74) is 1.75. The van der Waals surface area contributed by atoms with E-state index in [9.17, 15) is 19.2 Å². The van der Waals surface area contributed by atoms with Crippen LogP contribution in [0.15, 0.2) is 20.6 Å². The van der Waals surface area contributed by atoms with Gasteiger partial charge >= 0.3 is 0 Å². The minimum absolute atomic E-state index is 0.0794. The van der Waals surface area contributed by atoms with Gasteiger partial charge in [-0.3, -0.25) is 29.0 Å². The van der Waals surface area contributed by atoms with Gasteiger partial charge in [0.15, 0.2) is 10.3 Å². The van der Waals surface area contributed by atoms with Crippen LogP contribution in [-0.4, -0.2) is 65.1 Å². The first-order valence-electron chi connectivity index (χ1n) is 13.4. The summed E-state index contributed by atoms with van der Waals surface area (Å²) in [6.45, 7) is 4.61. The van der Waals surface area contributed by atoms with E-state index in [4.69, 9.17) is 24.4 Å². The highest BCUT2D eigenvalue weighted by atomic mass is 32.2. The van der Waals surface area contributed by atoms with Crippen molar-refractivity contribution in [3.63, 3.8) is 0 Å². The average Bonchev–Trinajstić information content (AvgIpc) is 3.68. The third kappa shape index (κ3) is 8.89. The van der Waals surface area contributed by atoms with Gasteiger partial charge in [-0.25, -0.2) is 9.97 Å². The third-order valence-electron chi connectivity index (χ3n) is 6.21. The lowest BCUT2D eigenvalue weighted by Gasteiger charge is -2.14. The Morgan fingerprint density at radius 3 is 1.48 bits per heavy atom. The monoisotopic (exact) mass is 682 g/mol. The number of rotatable bonds is 14. The fourth-order valence-corrected chi connectivity index (χ4v) is 8.29. The SMILES string of the molecule is Cc1csc(NC(=O)CCCCCN2C(=O)/C(=C3\SC(=S)N(CCCCCC(=O)Nc4nc(C)cs4)C3=O)SC2=S)n1. The van der Waals surface area contributed by atoms with Gasteiger partial charge in [-0.1, -0.05) is 60.8 Å². The standard InChI is InChI=1S/C26H30N6O4S6/c1-15-13-39-23(27-15)29-17(33)9-5-3-7-11-31-21(35)19(41-25(31)37)20-22(36)32(26(38)42-20)12-8-4-6-10-18(34)30-24-28-16(2)14-40-24/h13-14H,3-12H2,1-2H3,(H,27,29,33)(H,28,30,34)/b20-19+. The second kappa shape index (κ2) is 15.5. The normalized spacial score (nSPS) is 17.1. The highest BCUT2D eigenvalue weighted by Gasteiger charge is 2.41. The van der Waals surface area contributed by atoms with Crippen molar-refractivity contribution >= 4 is 113 Å². The van der Waals surface area contributed by atoms with Gasteiger partial charge in [-0.05, 0) is 39.5 Å². The van der Waals surface area contributed by atoms with E-state index >= 15 is 0 Å². The Morgan fingerprint density at radius 2 is 1.12 bits per heavy atom.